The van der Waals surface area contributed by atoms with E-state index in [0.29, 0.717) is 18.7 Å². The first-order valence-corrected chi connectivity index (χ1v) is 10.4. The molecule has 1 aliphatic heterocycles. The first-order valence-electron chi connectivity index (χ1n) is 10.4. The van der Waals surface area contributed by atoms with Crippen molar-refractivity contribution in [3.63, 3.8) is 0 Å². The molecule has 0 saturated carbocycles. The van der Waals surface area contributed by atoms with Crippen molar-refractivity contribution in [2.75, 3.05) is 26.2 Å². The van der Waals surface area contributed by atoms with E-state index in [1.807, 2.05) is 49.4 Å². The fraction of sp³-hybridized carbons (Fsp3) is 0.333. The SMILES string of the molecule is Cc1[nH]c2ccccc2c1C(=O)OC(C)C(=O)N1CCN(Cc2ccccc2)CC1. The van der Waals surface area contributed by atoms with Crippen LogP contribution in [-0.4, -0.2) is 58.9 Å². The van der Waals surface area contributed by atoms with E-state index in [9.17, 15) is 9.59 Å². The van der Waals surface area contributed by atoms with Crippen molar-refractivity contribution in [2.45, 2.75) is 26.5 Å². The molecule has 0 radical (unpaired) electrons. The van der Waals surface area contributed by atoms with Crippen molar-refractivity contribution in [2.24, 2.45) is 0 Å². The van der Waals surface area contributed by atoms with Gasteiger partial charge in [-0.1, -0.05) is 48.5 Å². The predicted octanol–water partition coefficient (Wildman–Crippen LogP) is 3.37. The van der Waals surface area contributed by atoms with E-state index in [2.05, 4.69) is 22.0 Å². The zero-order chi connectivity index (χ0) is 21.1. The molecule has 1 saturated heterocycles. The van der Waals surface area contributed by atoms with Crippen molar-refractivity contribution in [1.82, 2.24) is 14.8 Å². The smallest absolute Gasteiger partial charge is 0.341 e. The number of aryl methyl sites for hydroxylation is 1. The number of hydrogen-bond acceptors (Lipinski definition) is 4. The van der Waals surface area contributed by atoms with Crippen LogP contribution in [0.4, 0.5) is 0 Å². The van der Waals surface area contributed by atoms with Crippen molar-refractivity contribution in [3.05, 3.63) is 71.4 Å². The van der Waals surface area contributed by atoms with E-state index in [4.69, 9.17) is 4.74 Å². The summed E-state index contributed by atoms with van der Waals surface area (Å²) in [6.45, 7) is 7.27. The lowest BCUT2D eigenvalue weighted by molar-refractivity contribution is -0.141. The van der Waals surface area contributed by atoms with Crippen molar-refractivity contribution in [3.8, 4) is 0 Å². The number of aromatic nitrogens is 1. The second kappa shape index (κ2) is 8.71. The summed E-state index contributed by atoms with van der Waals surface area (Å²) in [5.41, 5.74) is 3.40. The Balaban J connectivity index is 1.34. The molecule has 1 atom stereocenters. The summed E-state index contributed by atoms with van der Waals surface area (Å²) in [6, 6.07) is 17.9. The number of carbonyl (C=O) groups excluding carboxylic acids is 2. The zero-order valence-electron chi connectivity index (χ0n) is 17.4. The number of ether oxygens (including phenoxy) is 1. The minimum Gasteiger partial charge on any atom is -0.449 e. The third-order valence-electron chi connectivity index (χ3n) is 5.66. The normalized spacial score (nSPS) is 15.9. The van der Waals surface area contributed by atoms with Gasteiger partial charge in [0.15, 0.2) is 6.10 Å². The Kier molecular flexibility index (Phi) is 5.86. The van der Waals surface area contributed by atoms with Crippen molar-refractivity contribution in [1.29, 1.82) is 0 Å². The molecule has 1 aliphatic rings. The molecule has 1 N–H and O–H groups in total. The lowest BCUT2D eigenvalue weighted by atomic mass is 10.1. The van der Waals surface area contributed by atoms with Crippen LogP contribution in [-0.2, 0) is 16.1 Å². The van der Waals surface area contributed by atoms with Crippen LogP contribution in [0, 0.1) is 6.92 Å². The van der Waals surface area contributed by atoms with Crippen LogP contribution in [0.3, 0.4) is 0 Å². The lowest BCUT2D eigenvalue weighted by Crippen LogP contribution is -2.51. The number of fused-ring (bicyclic) bond motifs is 1. The molecule has 3 aromatic rings. The molecule has 1 unspecified atom stereocenters. The average molecular weight is 405 g/mol. The summed E-state index contributed by atoms with van der Waals surface area (Å²) in [4.78, 5) is 32.9. The maximum Gasteiger partial charge on any atom is 0.341 e. The summed E-state index contributed by atoms with van der Waals surface area (Å²) >= 11 is 0. The molecular weight excluding hydrogens is 378 g/mol. The average Bonchev–Trinajstić information content (AvgIpc) is 3.10. The zero-order valence-corrected chi connectivity index (χ0v) is 17.4. The number of esters is 1. The van der Waals surface area contributed by atoms with Gasteiger partial charge in [0.25, 0.3) is 5.91 Å². The number of rotatable bonds is 5. The number of amides is 1. The van der Waals surface area contributed by atoms with Gasteiger partial charge in [-0.3, -0.25) is 9.69 Å². The second-order valence-electron chi connectivity index (χ2n) is 7.81. The molecule has 0 bridgehead atoms. The van der Waals surface area contributed by atoms with Gasteiger partial charge in [-0.2, -0.15) is 0 Å². The van der Waals surface area contributed by atoms with Crippen LogP contribution in [0.2, 0.25) is 0 Å². The Morgan fingerprint density at radius 1 is 1.00 bits per heavy atom. The summed E-state index contributed by atoms with van der Waals surface area (Å²) < 4.78 is 5.56. The standard InChI is InChI=1S/C24H27N3O3/c1-17-22(20-10-6-7-11-21(20)25-17)24(29)30-18(2)23(28)27-14-12-26(13-15-27)16-19-8-4-3-5-9-19/h3-11,18,25H,12-16H2,1-2H3. The molecule has 30 heavy (non-hydrogen) atoms. The second-order valence-corrected chi connectivity index (χ2v) is 7.81. The van der Waals surface area contributed by atoms with Gasteiger partial charge in [-0.25, -0.2) is 4.79 Å². The van der Waals surface area contributed by atoms with E-state index in [1.165, 1.54) is 5.56 Å². The highest BCUT2D eigenvalue weighted by molar-refractivity contribution is 6.06. The summed E-state index contributed by atoms with van der Waals surface area (Å²) in [7, 11) is 0. The van der Waals surface area contributed by atoms with E-state index < -0.39 is 12.1 Å². The van der Waals surface area contributed by atoms with Gasteiger partial charge in [-0.15, -0.1) is 0 Å². The molecular formula is C24H27N3O3. The number of carbonyl (C=O) groups is 2. The minimum absolute atomic E-state index is 0.139. The van der Waals surface area contributed by atoms with Gasteiger partial charge in [0.2, 0.25) is 0 Å². The van der Waals surface area contributed by atoms with Crippen LogP contribution in [0.1, 0.15) is 28.5 Å². The van der Waals surface area contributed by atoms with E-state index in [0.717, 1.165) is 36.2 Å². The van der Waals surface area contributed by atoms with Crippen LogP contribution in [0.25, 0.3) is 10.9 Å². The maximum atomic E-state index is 12.8. The third kappa shape index (κ3) is 4.24. The van der Waals surface area contributed by atoms with Crippen LogP contribution >= 0.6 is 0 Å². The first-order chi connectivity index (χ1) is 14.5. The lowest BCUT2D eigenvalue weighted by Gasteiger charge is -2.35. The Morgan fingerprint density at radius 2 is 1.67 bits per heavy atom. The molecule has 6 nitrogen and oxygen atoms in total. The first kappa shape index (κ1) is 20.2. The van der Waals surface area contributed by atoms with Gasteiger partial charge in [0.1, 0.15) is 0 Å². The molecule has 2 aromatic carbocycles. The summed E-state index contributed by atoms with van der Waals surface area (Å²) in [6.07, 6.45) is -0.814. The van der Waals surface area contributed by atoms with Gasteiger partial charge in [0.05, 0.1) is 5.56 Å². The number of H-pyrrole nitrogens is 1. The molecule has 0 aliphatic carbocycles. The molecule has 1 amide bonds. The number of benzene rings is 2. The molecule has 6 heteroatoms. The molecule has 2 heterocycles. The molecule has 1 fully saturated rings. The molecule has 156 valence electrons. The summed E-state index contributed by atoms with van der Waals surface area (Å²) in [5.74, 6) is -0.603. The summed E-state index contributed by atoms with van der Waals surface area (Å²) in [5, 5.41) is 0.814. The van der Waals surface area contributed by atoms with Gasteiger partial charge < -0.3 is 14.6 Å². The number of nitrogens with one attached hydrogen (secondary N) is 1. The fourth-order valence-corrected chi connectivity index (χ4v) is 4.03. The maximum absolute atomic E-state index is 12.8. The molecule has 4 rings (SSSR count). The van der Waals surface area contributed by atoms with Gasteiger partial charge >= 0.3 is 5.97 Å². The van der Waals surface area contributed by atoms with Crippen LogP contribution < -0.4 is 0 Å². The van der Waals surface area contributed by atoms with E-state index in [-0.39, 0.29) is 5.91 Å². The number of nitrogens with zero attached hydrogens (tertiary/aromatic N) is 2. The number of hydrogen-bond donors (Lipinski definition) is 1. The number of para-hydroxylation sites is 1. The topological polar surface area (TPSA) is 65.6 Å². The highest BCUT2D eigenvalue weighted by atomic mass is 16.5. The molecule has 0 spiro atoms. The van der Waals surface area contributed by atoms with E-state index in [1.54, 1.807) is 11.8 Å². The predicted molar refractivity (Wildman–Crippen MR) is 116 cm³/mol. The highest BCUT2D eigenvalue weighted by Crippen LogP contribution is 2.23. The monoisotopic (exact) mass is 405 g/mol. The Bertz CT molecular complexity index is 1040. The third-order valence-corrected chi connectivity index (χ3v) is 5.66. The quantitative estimate of drug-likeness (QED) is 0.661. The van der Waals surface area contributed by atoms with E-state index >= 15 is 0 Å². The number of piperazine rings is 1. The van der Waals surface area contributed by atoms with Crippen LogP contribution in [0.15, 0.2) is 54.6 Å². The highest BCUT2D eigenvalue weighted by Gasteiger charge is 2.28. The Labute approximate surface area is 176 Å². The Hall–Kier alpha value is -3.12. The van der Waals surface area contributed by atoms with Gasteiger partial charge in [0, 0.05) is 49.3 Å². The minimum atomic E-state index is -0.814. The fourth-order valence-electron chi connectivity index (χ4n) is 4.03. The molecule has 1 aromatic heterocycles. The Morgan fingerprint density at radius 3 is 2.40 bits per heavy atom. The van der Waals surface area contributed by atoms with Gasteiger partial charge in [-0.05, 0) is 25.5 Å². The van der Waals surface area contributed by atoms with Crippen molar-refractivity contribution < 1.29 is 14.3 Å². The van der Waals surface area contributed by atoms with Crippen molar-refractivity contribution >= 4 is 22.8 Å². The van der Waals surface area contributed by atoms with Crippen LogP contribution in [0.5, 0.6) is 0 Å². The number of aromatic amines is 1. The largest absolute Gasteiger partial charge is 0.449 e.